The zero-order chi connectivity index (χ0) is 22.9. The first-order valence-electron chi connectivity index (χ1n) is 9.47. The van der Waals surface area contributed by atoms with Gasteiger partial charge in [-0.15, -0.1) is 0 Å². The summed E-state index contributed by atoms with van der Waals surface area (Å²) in [5.41, 5.74) is 1.44. The van der Waals surface area contributed by atoms with Crippen LogP contribution in [0.4, 0.5) is 10.1 Å². The van der Waals surface area contributed by atoms with Crippen molar-refractivity contribution < 1.29 is 23.5 Å². The van der Waals surface area contributed by atoms with Crippen molar-refractivity contribution in [2.45, 2.75) is 6.61 Å². The Kier molecular flexibility index (Phi) is 8.25. The van der Waals surface area contributed by atoms with Crippen LogP contribution in [0.2, 0.25) is 10.0 Å². The van der Waals surface area contributed by atoms with Crippen molar-refractivity contribution in [2.75, 3.05) is 11.9 Å². The number of carbonyl (C=O) groups is 2. The SMILES string of the molecule is O=C(COC(=O)C=Cc1ccc(OCc2c(Cl)cccc2Cl)cc1)Nc1ccccc1F. The van der Waals surface area contributed by atoms with Crippen LogP contribution in [-0.4, -0.2) is 18.5 Å². The Hall–Kier alpha value is -3.35. The van der Waals surface area contributed by atoms with Gasteiger partial charge in [-0.05, 0) is 48.0 Å². The molecule has 3 aromatic carbocycles. The maximum absolute atomic E-state index is 13.5. The summed E-state index contributed by atoms with van der Waals surface area (Å²) in [7, 11) is 0. The van der Waals surface area contributed by atoms with Gasteiger partial charge < -0.3 is 14.8 Å². The number of benzene rings is 3. The van der Waals surface area contributed by atoms with Crippen LogP contribution < -0.4 is 10.1 Å². The highest BCUT2D eigenvalue weighted by molar-refractivity contribution is 6.35. The average molecular weight is 474 g/mol. The first kappa shape index (κ1) is 23.3. The number of hydrogen-bond donors (Lipinski definition) is 1. The minimum Gasteiger partial charge on any atom is -0.489 e. The third-order valence-corrected chi connectivity index (χ3v) is 4.94. The molecule has 0 bridgehead atoms. The first-order valence-corrected chi connectivity index (χ1v) is 10.2. The molecule has 0 fully saturated rings. The van der Waals surface area contributed by atoms with Crippen LogP contribution in [-0.2, 0) is 20.9 Å². The highest BCUT2D eigenvalue weighted by Crippen LogP contribution is 2.26. The molecule has 0 aliphatic heterocycles. The minimum absolute atomic E-state index is 0.0169. The molecule has 0 radical (unpaired) electrons. The van der Waals surface area contributed by atoms with E-state index in [4.69, 9.17) is 32.7 Å². The monoisotopic (exact) mass is 473 g/mol. The van der Waals surface area contributed by atoms with Crippen LogP contribution in [0.25, 0.3) is 6.08 Å². The summed E-state index contributed by atoms with van der Waals surface area (Å²) in [4.78, 5) is 23.6. The van der Waals surface area contributed by atoms with E-state index in [-0.39, 0.29) is 12.3 Å². The topological polar surface area (TPSA) is 64.6 Å². The predicted molar refractivity (Wildman–Crippen MR) is 122 cm³/mol. The standard InChI is InChI=1S/C24H18Cl2FNO4/c25-19-4-3-5-20(26)18(19)14-31-17-11-8-16(9-12-17)10-13-24(30)32-15-23(29)28-22-7-2-1-6-21(22)27/h1-13H,14-15H2,(H,28,29). The molecule has 8 heteroatoms. The van der Waals surface area contributed by atoms with Crippen LogP contribution in [0, 0.1) is 5.82 Å². The van der Waals surface area contributed by atoms with E-state index < -0.39 is 24.3 Å². The second-order valence-corrected chi connectivity index (χ2v) is 7.34. The normalized spacial score (nSPS) is 10.7. The third-order valence-electron chi connectivity index (χ3n) is 4.23. The van der Waals surface area contributed by atoms with Gasteiger partial charge in [-0.2, -0.15) is 0 Å². The van der Waals surface area contributed by atoms with E-state index in [9.17, 15) is 14.0 Å². The Morgan fingerprint density at radius 3 is 2.31 bits per heavy atom. The van der Waals surface area contributed by atoms with Crippen molar-refractivity contribution in [1.29, 1.82) is 0 Å². The van der Waals surface area contributed by atoms with E-state index in [0.717, 1.165) is 5.56 Å². The van der Waals surface area contributed by atoms with Crippen LogP contribution in [0.5, 0.6) is 5.75 Å². The van der Waals surface area contributed by atoms with Gasteiger partial charge in [0.1, 0.15) is 18.2 Å². The lowest BCUT2D eigenvalue weighted by atomic mass is 10.2. The molecule has 0 spiro atoms. The quantitative estimate of drug-likeness (QED) is 0.326. The van der Waals surface area contributed by atoms with Crippen molar-refractivity contribution in [3.05, 3.63) is 99.8 Å². The molecule has 0 aliphatic carbocycles. The summed E-state index contributed by atoms with van der Waals surface area (Å²) in [6.45, 7) is -0.316. The average Bonchev–Trinajstić information content (AvgIpc) is 2.78. The largest absolute Gasteiger partial charge is 0.489 e. The molecule has 0 saturated heterocycles. The van der Waals surface area contributed by atoms with Gasteiger partial charge >= 0.3 is 5.97 Å². The highest BCUT2D eigenvalue weighted by Gasteiger charge is 2.09. The van der Waals surface area contributed by atoms with E-state index in [1.54, 1.807) is 48.5 Å². The molecule has 0 saturated carbocycles. The fourth-order valence-electron chi connectivity index (χ4n) is 2.60. The number of ether oxygens (including phenoxy) is 2. The first-order chi connectivity index (χ1) is 15.4. The zero-order valence-electron chi connectivity index (χ0n) is 16.7. The molecular formula is C24H18Cl2FNO4. The second-order valence-electron chi connectivity index (χ2n) is 6.53. The maximum atomic E-state index is 13.5. The molecule has 0 unspecified atom stereocenters. The van der Waals surface area contributed by atoms with E-state index in [1.165, 1.54) is 30.4 Å². The van der Waals surface area contributed by atoms with Gasteiger partial charge in [-0.3, -0.25) is 4.79 Å². The molecule has 32 heavy (non-hydrogen) atoms. The fourth-order valence-corrected chi connectivity index (χ4v) is 3.11. The van der Waals surface area contributed by atoms with E-state index in [2.05, 4.69) is 5.32 Å². The lowest BCUT2D eigenvalue weighted by Gasteiger charge is -2.09. The number of hydrogen-bond acceptors (Lipinski definition) is 4. The lowest BCUT2D eigenvalue weighted by Crippen LogP contribution is -2.20. The van der Waals surface area contributed by atoms with Gasteiger partial charge in [0.25, 0.3) is 5.91 Å². The number of amides is 1. The molecule has 0 aromatic heterocycles. The molecule has 5 nitrogen and oxygen atoms in total. The molecule has 0 heterocycles. The maximum Gasteiger partial charge on any atom is 0.331 e. The van der Waals surface area contributed by atoms with Crippen LogP contribution in [0.15, 0.2) is 72.8 Å². The van der Waals surface area contributed by atoms with Crippen molar-refractivity contribution >= 4 is 46.8 Å². The summed E-state index contributed by atoms with van der Waals surface area (Å²) < 4.78 is 24.1. The van der Waals surface area contributed by atoms with Gasteiger partial charge in [0, 0.05) is 21.7 Å². The summed E-state index contributed by atoms with van der Waals surface area (Å²) in [5, 5.41) is 3.38. The fraction of sp³-hybridized carbons (Fsp3) is 0.0833. The van der Waals surface area contributed by atoms with Crippen molar-refractivity contribution in [3.8, 4) is 5.75 Å². The number of para-hydroxylation sites is 1. The smallest absolute Gasteiger partial charge is 0.331 e. The Morgan fingerprint density at radius 2 is 1.62 bits per heavy atom. The van der Waals surface area contributed by atoms with Crippen molar-refractivity contribution in [3.63, 3.8) is 0 Å². The number of halogens is 3. The minimum atomic E-state index is -0.706. The molecule has 164 valence electrons. The van der Waals surface area contributed by atoms with Crippen LogP contribution in [0.1, 0.15) is 11.1 Å². The van der Waals surface area contributed by atoms with E-state index in [0.29, 0.717) is 21.4 Å². The van der Waals surface area contributed by atoms with Crippen molar-refractivity contribution in [2.24, 2.45) is 0 Å². The second kappa shape index (κ2) is 11.3. The third kappa shape index (κ3) is 6.83. The Balaban J connectivity index is 1.46. The van der Waals surface area contributed by atoms with E-state index in [1.807, 2.05) is 0 Å². The van der Waals surface area contributed by atoms with E-state index >= 15 is 0 Å². The molecule has 1 amide bonds. The van der Waals surface area contributed by atoms with Gasteiger partial charge in [0.15, 0.2) is 6.61 Å². The number of carbonyl (C=O) groups excluding carboxylic acids is 2. The molecular weight excluding hydrogens is 456 g/mol. The highest BCUT2D eigenvalue weighted by atomic mass is 35.5. The number of esters is 1. The number of anilines is 1. The number of rotatable bonds is 8. The predicted octanol–water partition coefficient (Wildman–Crippen LogP) is 5.91. The number of nitrogens with one attached hydrogen (secondary N) is 1. The zero-order valence-corrected chi connectivity index (χ0v) is 18.2. The van der Waals surface area contributed by atoms with Crippen LogP contribution in [0.3, 0.4) is 0 Å². The Morgan fingerprint density at radius 1 is 0.938 bits per heavy atom. The molecule has 1 N–H and O–H groups in total. The molecule has 3 rings (SSSR count). The lowest BCUT2D eigenvalue weighted by molar-refractivity contribution is -0.142. The Bertz CT molecular complexity index is 1110. The summed E-state index contributed by atoms with van der Waals surface area (Å²) in [6, 6.07) is 17.9. The molecule has 0 aliphatic rings. The van der Waals surface area contributed by atoms with Crippen molar-refractivity contribution in [1.82, 2.24) is 0 Å². The summed E-state index contributed by atoms with van der Waals surface area (Å²) >= 11 is 12.3. The van der Waals surface area contributed by atoms with Gasteiger partial charge in [0.05, 0.1) is 5.69 Å². The molecule has 3 aromatic rings. The molecule has 0 atom stereocenters. The summed E-state index contributed by atoms with van der Waals surface area (Å²) in [6.07, 6.45) is 2.72. The Labute approximate surface area is 194 Å². The van der Waals surface area contributed by atoms with Gasteiger partial charge in [-0.25, -0.2) is 9.18 Å². The van der Waals surface area contributed by atoms with Gasteiger partial charge in [-0.1, -0.05) is 53.5 Å². The van der Waals surface area contributed by atoms with Crippen LogP contribution >= 0.6 is 23.2 Å². The summed E-state index contributed by atoms with van der Waals surface area (Å²) in [5.74, 6) is -1.32. The van der Waals surface area contributed by atoms with Gasteiger partial charge in [0.2, 0.25) is 0 Å².